The van der Waals surface area contributed by atoms with Gasteiger partial charge < -0.3 is 10.1 Å². The second-order valence-electron chi connectivity index (χ2n) is 4.18. The van der Waals surface area contributed by atoms with Gasteiger partial charge in [0.05, 0.1) is 11.7 Å². The predicted molar refractivity (Wildman–Crippen MR) is 62.3 cm³/mol. The van der Waals surface area contributed by atoms with E-state index in [1.165, 1.54) is 12.1 Å². The Morgan fingerprint density at radius 2 is 2.24 bits per heavy atom. The molecule has 0 saturated carbocycles. The van der Waals surface area contributed by atoms with Gasteiger partial charge >= 0.3 is 0 Å². The highest BCUT2D eigenvalue weighted by Crippen LogP contribution is 2.12. The van der Waals surface area contributed by atoms with Crippen LogP contribution in [0.25, 0.3) is 0 Å². The number of hydrogen-bond donors (Lipinski definition) is 1. The molecule has 0 radical (unpaired) electrons. The van der Waals surface area contributed by atoms with Crippen LogP contribution >= 0.6 is 0 Å². The van der Waals surface area contributed by atoms with Gasteiger partial charge in [-0.2, -0.15) is 0 Å². The van der Waals surface area contributed by atoms with Crippen LogP contribution in [0.1, 0.15) is 29.6 Å². The Bertz CT molecular complexity index is 389. The molecule has 1 aromatic carbocycles. The van der Waals surface area contributed by atoms with E-state index < -0.39 is 5.82 Å². The number of hydrogen-bond acceptors (Lipinski definition) is 2. The van der Waals surface area contributed by atoms with Crippen LogP contribution in [0.5, 0.6) is 0 Å². The van der Waals surface area contributed by atoms with Crippen molar-refractivity contribution in [2.45, 2.75) is 25.4 Å². The fraction of sp³-hybridized carbons (Fsp3) is 0.462. The van der Waals surface area contributed by atoms with Gasteiger partial charge in [-0.3, -0.25) is 4.79 Å². The molecule has 1 aromatic rings. The second-order valence-corrected chi connectivity index (χ2v) is 4.18. The molecule has 92 valence electrons. The molecular formula is C13H16FNO2. The van der Waals surface area contributed by atoms with Crippen LogP contribution in [0, 0.1) is 5.82 Å². The Labute approximate surface area is 100.0 Å². The summed E-state index contributed by atoms with van der Waals surface area (Å²) >= 11 is 0. The van der Waals surface area contributed by atoms with Crippen molar-refractivity contribution < 1.29 is 13.9 Å². The molecule has 3 nitrogen and oxygen atoms in total. The number of benzene rings is 1. The molecule has 0 aliphatic carbocycles. The molecule has 1 N–H and O–H groups in total. The Morgan fingerprint density at radius 3 is 2.94 bits per heavy atom. The number of halogens is 1. The van der Waals surface area contributed by atoms with E-state index in [4.69, 9.17) is 4.74 Å². The molecule has 0 spiro atoms. The van der Waals surface area contributed by atoms with Crippen LogP contribution in [0.15, 0.2) is 24.3 Å². The highest BCUT2D eigenvalue weighted by atomic mass is 19.1. The van der Waals surface area contributed by atoms with Gasteiger partial charge in [-0.1, -0.05) is 12.1 Å². The molecule has 1 atom stereocenters. The molecule has 4 heteroatoms. The van der Waals surface area contributed by atoms with Crippen LogP contribution in [0.2, 0.25) is 0 Å². The quantitative estimate of drug-likeness (QED) is 0.874. The van der Waals surface area contributed by atoms with Gasteiger partial charge in [-0.25, -0.2) is 4.39 Å². The highest BCUT2D eigenvalue weighted by molar-refractivity contribution is 5.94. The zero-order valence-corrected chi connectivity index (χ0v) is 9.62. The van der Waals surface area contributed by atoms with Gasteiger partial charge in [0.25, 0.3) is 5.91 Å². The van der Waals surface area contributed by atoms with E-state index in [0.29, 0.717) is 6.54 Å². The first-order valence-electron chi connectivity index (χ1n) is 5.91. The number of amides is 1. The van der Waals surface area contributed by atoms with Gasteiger partial charge in [0.2, 0.25) is 0 Å². The van der Waals surface area contributed by atoms with Gasteiger partial charge in [-0.15, -0.1) is 0 Å². The Kier molecular flexibility index (Phi) is 4.09. The lowest BCUT2D eigenvalue weighted by Gasteiger charge is -2.22. The Balaban J connectivity index is 1.87. The molecule has 1 fully saturated rings. The number of ether oxygens (including phenoxy) is 1. The van der Waals surface area contributed by atoms with Crippen molar-refractivity contribution in [3.05, 3.63) is 35.6 Å². The number of rotatable bonds is 3. The Morgan fingerprint density at radius 1 is 1.41 bits per heavy atom. The lowest BCUT2D eigenvalue weighted by Crippen LogP contribution is -2.35. The summed E-state index contributed by atoms with van der Waals surface area (Å²) in [4.78, 5) is 11.7. The fourth-order valence-corrected chi connectivity index (χ4v) is 1.92. The third-order valence-corrected chi connectivity index (χ3v) is 2.88. The molecule has 17 heavy (non-hydrogen) atoms. The summed E-state index contributed by atoms with van der Waals surface area (Å²) in [7, 11) is 0. The number of nitrogens with one attached hydrogen (secondary N) is 1. The van der Waals surface area contributed by atoms with Gasteiger partial charge in [0.15, 0.2) is 0 Å². The third-order valence-electron chi connectivity index (χ3n) is 2.88. The van der Waals surface area contributed by atoms with Crippen LogP contribution in [0.4, 0.5) is 4.39 Å². The van der Waals surface area contributed by atoms with Gasteiger partial charge in [0, 0.05) is 13.2 Å². The maximum absolute atomic E-state index is 13.3. The zero-order valence-electron chi connectivity index (χ0n) is 9.62. The predicted octanol–water partition coefficient (Wildman–Crippen LogP) is 2.12. The molecule has 1 amide bonds. The normalized spacial score (nSPS) is 19.9. The number of carbonyl (C=O) groups excluding carboxylic acids is 1. The van der Waals surface area contributed by atoms with Crippen LogP contribution < -0.4 is 5.32 Å². The van der Waals surface area contributed by atoms with Crippen LogP contribution in [-0.4, -0.2) is 25.2 Å². The van der Waals surface area contributed by atoms with E-state index in [1.807, 2.05) is 0 Å². The van der Waals surface area contributed by atoms with Crippen LogP contribution in [0.3, 0.4) is 0 Å². The van der Waals surface area contributed by atoms with E-state index in [1.54, 1.807) is 12.1 Å². The molecule has 1 saturated heterocycles. The van der Waals surface area contributed by atoms with E-state index in [9.17, 15) is 9.18 Å². The van der Waals surface area contributed by atoms with Gasteiger partial charge in [-0.05, 0) is 31.4 Å². The molecule has 1 unspecified atom stereocenters. The lowest BCUT2D eigenvalue weighted by molar-refractivity contribution is 0.0168. The first kappa shape index (κ1) is 12.0. The zero-order chi connectivity index (χ0) is 12.1. The largest absolute Gasteiger partial charge is 0.376 e. The van der Waals surface area contributed by atoms with E-state index in [0.717, 1.165) is 25.9 Å². The van der Waals surface area contributed by atoms with E-state index >= 15 is 0 Å². The maximum atomic E-state index is 13.3. The minimum absolute atomic E-state index is 0.0690. The molecule has 0 bridgehead atoms. The first-order valence-corrected chi connectivity index (χ1v) is 5.91. The molecule has 0 aromatic heterocycles. The maximum Gasteiger partial charge on any atom is 0.254 e. The topological polar surface area (TPSA) is 38.3 Å². The molecule has 2 rings (SSSR count). The molecular weight excluding hydrogens is 221 g/mol. The highest BCUT2D eigenvalue weighted by Gasteiger charge is 2.16. The monoisotopic (exact) mass is 237 g/mol. The first-order chi connectivity index (χ1) is 8.27. The summed E-state index contributed by atoms with van der Waals surface area (Å²) in [6.45, 7) is 1.20. The summed E-state index contributed by atoms with van der Waals surface area (Å²) in [5.74, 6) is -0.869. The summed E-state index contributed by atoms with van der Waals surface area (Å²) in [6, 6.07) is 5.98. The smallest absolute Gasteiger partial charge is 0.254 e. The fourth-order valence-electron chi connectivity index (χ4n) is 1.92. The van der Waals surface area contributed by atoms with Crippen molar-refractivity contribution in [2.75, 3.05) is 13.2 Å². The lowest BCUT2D eigenvalue weighted by atomic mass is 10.1. The SMILES string of the molecule is O=C(NCC1CCCCO1)c1ccccc1F. The standard InChI is InChI=1S/C13H16FNO2/c14-12-7-2-1-6-11(12)13(16)15-9-10-5-3-4-8-17-10/h1-2,6-7,10H,3-5,8-9H2,(H,15,16). The summed E-state index contributed by atoms with van der Waals surface area (Å²) in [5.41, 5.74) is 0.0864. The number of carbonyl (C=O) groups is 1. The van der Waals surface area contributed by atoms with Crippen molar-refractivity contribution in [3.63, 3.8) is 0 Å². The van der Waals surface area contributed by atoms with Gasteiger partial charge in [0.1, 0.15) is 5.82 Å². The van der Waals surface area contributed by atoms with Crippen LogP contribution in [-0.2, 0) is 4.74 Å². The summed E-state index contributed by atoms with van der Waals surface area (Å²) < 4.78 is 18.8. The van der Waals surface area contributed by atoms with Crippen molar-refractivity contribution in [2.24, 2.45) is 0 Å². The molecule has 1 aliphatic rings. The van der Waals surface area contributed by atoms with Crippen molar-refractivity contribution in [3.8, 4) is 0 Å². The second kappa shape index (κ2) is 5.77. The summed E-state index contributed by atoms with van der Waals surface area (Å²) in [6.07, 6.45) is 3.23. The molecule has 1 heterocycles. The minimum Gasteiger partial charge on any atom is -0.376 e. The van der Waals surface area contributed by atoms with E-state index in [-0.39, 0.29) is 17.6 Å². The summed E-state index contributed by atoms with van der Waals surface area (Å²) in [5, 5.41) is 2.71. The molecule has 1 aliphatic heterocycles. The third kappa shape index (κ3) is 3.27. The van der Waals surface area contributed by atoms with Crippen molar-refractivity contribution >= 4 is 5.91 Å². The van der Waals surface area contributed by atoms with E-state index in [2.05, 4.69) is 5.32 Å². The van der Waals surface area contributed by atoms with Crippen molar-refractivity contribution in [1.82, 2.24) is 5.32 Å². The average Bonchev–Trinajstić information content (AvgIpc) is 2.38. The average molecular weight is 237 g/mol. The van der Waals surface area contributed by atoms with Crippen molar-refractivity contribution in [1.29, 1.82) is 0 Å². The minimum atomic E-state index is -0.491. The Hall–Kier alpha value is -1.42.